The molecule has 150 valence electrons. The summed E-state index contributed by atoms with van der Waals surface area (Å²) in [5.74, 6) is -1.00. The molecule has 0 aliphatic rings. The van der Waals surface area contributed by atoms with E-state index >= 15 is 0 Å². The Labute approximate surface area is 164 Å². The molecule has 2 aromatic rings. The molecule has 2 amide bonds. The molecule has 0 aromatic heterocycles. The van der Waals surface area contributed by atoms with Crippen molar-refractivity contribution in [3.63, 3.8) is 0 Å². The first-order valence-corrected chi connectivity index (χ1v) is 9.40. The van der Waals surface area contributed by atoms with E-state index in [1.807, 2.05) is 18.4 Å². The largest absolute Gasteiger partial charge is 0.484 e. The molecule has 1 N–H and O–H groups in total. The van der Waals surface area contributed by atoms with Gasteiger partial charge in [-0.05, 0) is 36.6 Å². The summed E-state index contributed by atoms with van der Waals surface area (Å²) in [4.78, 5) is 26.3. The number of hydrogen-bond donors (Lipinski definition) is 1. The molecule has 0 unspecified atom stereocenters. The van der Waals surface area contributed by atoms with Crippen molar-refractivity contribution >= 4 is 29.3 Å². The number of nitrogens with zero attached hydrogens (tertiary/aromatic N) is 1. The molecule has 0 atom stereocenters. The first-order valence-electron chi connectivity index (χ1n) is 8.17. The molecule has 28 heavy (non-hydrogen) atoms. The minimum Gasteiger partial charge on any atom is -0.484 e. The lowest BCUT2D eigenvalue weighted by Crippen LogP contribution is -2.37. The van der Waals surface area contributed by atoms with Crippen LogP contribution in [0.5, 0.6) is 5.75 Å². The number of likely N-dealkylation sites (N-methyl/N-ethyl adjacent to an activating group) is 1. The van der Waals surface area contributed by atoms with Gasteiger partial charge in [-0.15, -0.1) is 11.8 Å². The SMILES string of the molecule is CSc1ccccc1NC(=O)CN(C)C(=O)COc1cccc(C(F)(F)F)c1. The molecule has 2 rings (SSSR count). The molecular formula is C19H19F3N2O3S. The van der Waals surface area contributed by atoms with Gasteiger partial charge in [-0.1, -0.05) is 18.2 Å². The van der Waals surface area contributed by atoms with Crippen LogP contribution >= 0.6 is 11.8 Å². The van der Waals surface area contributed by atoms with Gasteiger partial charge in [-0.3, -0.25) is 9.59 Å². The zero-order valence-electron chi connectivity index (χ0n) is 15.2. The Kier molecular flexibility index (Phi) is 7.33. The lowest BCUT2D eigenvalue weighted by Gasteiger charge is -2.18. The maximum Gasteiger partial charge on any atom is 0.416 e. The molecule has 0 fully saturated rings. The predicted molar refractivity (Wildman–Crippen MR) is 101 cm³/mol. The summed E-state index contributed by atoms with van der Waals surface area (Å²) in [6.07, 6.45) is -2.61. The van der Waals surface area contributed by atoms with Gasteiger partial charge in [0.1, 0.15) is 5.75 Å². The quantitative estimate of drug-likeness (QED) is 0.701. The van der Waals surface area contributed by atoms with Crippen LogP contribution in [-0.2, 0) is 15.8 Å². The van der Waals surface area contributed by atoms with Gasteiger partial charge in [-0.25, -0.2) is 0 Å². The number of benzene rings is 2. The van der Waals surface area contributed by atoms with Gasteiger partial charge in [0.25, 0.3) is 5.91 Å². The van der Waals surface area contributed by atoms with Crippen molar-refractivity contribution in [2.45, 2.75) is 11.1 Å². The highest BCUT2D eigenvalue weighted by Gasteiger charge is 2.30. The maximum absolute atomic E-state index is 12.7. The van der Waals surface area contributed by atoms with E-state index in [-0.39, 0.29) is 12.3 Å². The summed E-state index contributed by atoms with van der Waals surface area (Å²) in [6.45, 7) is -0.694. The molecule has 0 bridgehead atoms. The third kappa shape index (κ3) is 6.19. The second-order valence-electron chi connectivity index (χ2n) is 5.81. The number of ether oxygens (including phenoxy) is 1. The number of carbonyl (C=O) groups is 2. The molecule has 0 heterocycles. The van der Waals surface area contributed by atoms with E-state index < -0.39 is 30.2 Å². The molecule has 0 spiro atoms. The van der Waals surface area contributed by atoms with Crippen LogP contribution in [0.3, 0.4) is 0 Å². The van der Waals surface area contributed by atoms with Crippen molar-refractivity contribution < 1.29 is 27.5 Å². The third-order valence-electron chi connectivity index (χ3n) is 3.71. The van der Waals surface area contributed by atoms with E-state index in [2.05, 4.69) is 5.32 Å². The van der Waals surface area contributed by atoms with Gasteiger partial charge in [0, 0.05) is 11.9 Å². The van der Waals surface area contributed by atoms with E-state index in [0.29, 0.717) is 5.69 Å². The standard InChI is InChI=1S/C19H19F3N2O3S/c1-24(11-17(25)23-15-8-3-4-9-16(15)28-2)18(26)12-27-14-7-5-6-13(10-14)19(20,21)22/h3-10H,11-12H2,1-2H3,(H,23,25). The summed E-state index contributed by atoms with van der Waals surface area (Å²) >= 11 is 1.48. The smallest absolute Gasteiger partial charge is 0.416 e. The maximum atomic E-state index is 12.7. The average molecular weight is 412 g/mol. The predicted octanol–water partition coefficient (Wildman–Crippen LogP) is 3.90. The summed E-state index contributed by atoms with van der Waals surface area (Å²) < 4.78 is 43.2. The Morgan fingerprint density at radius 1 is 1.14 bits per heavy atom. The fourth-order valence-electron chi connectivity index (χ4n) is 2.26. The van der Waals surface area contributed by atoms with E-state index in [4.69, 9.17) is 4.74 Å². The van der Waals surface area contributed by atoms with E-state index in [0.717, 1.165) is 21.9 Å². The van der Waals surface area contributed by atoms with Crippen molar-refractivity contribution in [1.29, 1.82) is 0 Å². The topological polar surface area (TPSA) is 58.6 Å². The Balaban J connectivity index is 1.88. The van der Waals surface area contributed by atoms with Crippen molar-refractivity contribution in [3.05, 3.63) is 54.1 Å². The molecule has 0 aliphatic heterocycles. The zero-order chi connectivity index (χ0) is 20.7. The summed E-state index contributed by atoms with van der Waals surface area (Å²) in [6, 6.07) is 11.5. The number of hydrogen-bond acceptors (Lipinski definition) is 4. The van der Waals surface area contributed by atoms with Gasteiger partial charge in [-0.2, -0.15) is 13.2 Å². The van der Waals surface area contributed by atoms with E-state index in [1.54, 1.807) is 12.1 Å². The second-order valence-corrected chi connectivity index (χ2v) is 6.66. The van der Waals surface area contributed by atoms with Crippen molar-refractivity contribution in [2.24, 2.45) is 0 Å². The number of halogens is 3. The van der Waals surface area contributed by atoms with E-state index in [9.17, 15) is 22.8 Å². The Morgan fingerprint density at radius 3 is 2.54 bits per heavy atom. The summed E-state index contributed by atoms with van der Waals surface area (Å²) in [5.41, 5.74) is -0.223. The monoisotopic (exact) mass is 412 g/mol. The minimum atomic E-state index is -4.49. The lowest BCUT2D eigenvalue weighted by molar-refractivity contribution is -0.137. The zero-order valence-corrected chi connectivity index (χ0v) is 16.1. The first kappa shape index (κ1) is 21.6. The lowest BCUT2D eigenvalue weighted by atomic mass is 10.2. The van der Waals surface area contributed by atoms with Gasteiger partial charge in [0.15, 0.2) is 6.61 Å². The molecule has 2 aromatic carbocycles. The number of amides is 2. The summed E-state index contributed by atoms with van der Waals surface area (Å²) in [5, 5.41) is 2.73. The van der Waals surface area contributed by atoms with Crippen molar-refractivity contribution in [2.75, 3.05) is 31.8 Å². The number of nitrogens with one attached hydrogen (secondary N) is 1. The van der Waals surface area contributed by atoms with Crippen LogP contribution in [0.15, 0.2) is 53.4 Å². The van der Waals surface area contributed by atoms with Crippen LogP contribution < -0.4 is 10.1 Å². The van der Waals surface area contributed by atoms with Crippen LogP contribution in [0.1, 0.15) is 5.56 Å². The molecular weight excluding hydrogens is 393 g/mol. The van der Waals surface area contributed by atoms with Crippen LogP contribution in [0.2, 0.25) is 0 Å². The Bertz CT molecular complexity index is 843. The van der Waals surface area contributed by atoms with Gasteiger partial charge >= 0.3 is 6.18 Å². The second kappa shape index (κ2) is 9.50. The van der Waals surface area contributed by atoms with Gasteiger partial charge in [0.2, 0.25) is 5.91 Å². The normalized spacial score (nSPS) is 11.0. The van der Waals surface area contributed by atoms with Crippen LogP contribution in [0, 0.1) is 0 Å². The Hall–Kier alpha value is -2.68. The van der Waals surface area contributed by atoms with E-state index in [1.165, 1.54) is 30.9 Å². The molecule has 5 nitrogen and oxygen atoms in total. The van der Waals surface area contributed by atoms with Crippen LogP contribution in [0.4, 0.5) is 18.9 Å². The van der Waals surface area contributed by atoms with Gasteiger partial charge < -0.3 is 15.0 Å². The first-order chi connectivity index (χ1) is 13.2. The minimum absolute atomic E-state index is 0.0741. The molecule has 0 radical (unpaired) electrons. The summed E-state index contributed by atoms with van der Waals surface area (Å²) in [7, 11) is 1.41. The number of thioether (sulfide) groups is 1. The number of para-hydroxylation sites is 1. The van der Waals surface area contributed by atoms with Crippen LogP contribution in [0.25, 0.3) is 0 Å². The Morgan fingerprint density at radius 2 is 1.86 bits per heavy atom. The highest BCUT2D eigenvalue weighted by atomic mass is 32.2. The number of carbonyl (C=O) groups excluding carboxylic acids is 2. The molecule has 9 heteroatoms. The third-order valence-corrected chi connectivity index (χ3v) is 4.51. The number of rotatable bonds is 7. The highest BCUT2D eigenvalue weighted by Crippen LogP contribution is 2.31. The molecule has 0 saturated heterocycles. The fourth-order valence-corrected chi connectivity index (χ4v) is 2.81. The van der Waals surface area contributed by atoms with Gasteiger partial charge in [0.05, 0.1) is 17.8 Å². The molecule has 0 saturated carbocycles. The number of alkyl halides is 3. The van der Waals surface area contributed by atoms with Crippen LogP contribution in [-0.4, -0.2) is 43.2 Å². The average Bonchev–Trinajstić information content (AvgIpc) is 2.66. The molecule has 0 aliphatic carbocycles. The highest BCUT2D eigenvalue weighted by molar-refractivity contribution is 7.98. The fraction of sp³-hybridized carbons (Fsp3) is 0.263. The van der Waals surface area contributed by atoms with Crippen molar-refractivity contribution in [3.8, 4) is 5.75 Å². The van der Waals surface area contributed by atoms with Crippen molar-refractivity contribution in [1.82, 2.24) is 4.90 Å². The number of anilines is 1.